The fourth-order valence-electron chi connectivity index (χ4n) is 3.60. The molecule has 0 amide bonds. The van der Waals surface area contributed by atoms with E-state index in [1.807, 2.05) is 0 Å². The molecule has 0 radical (unpaired) electrons. The molecule has 1 aliphatic rings. The van der Waals surface area contributed by atoms with Crippen LogP contribution in [0.25, 0.3) is 0 Å². The first kappa shape index (κ1) is 16.5. The van der Waals surface area contributed by atoms with Crippen LogP contribution in [0.15, 0.2) is 24.3 Å². The Morgan fingerprint density at radius 2 is 1.95 bits per heavy atom. The average molecular weight is 291 g/mol. The molecular formula is C18H29NO2. The molecule has 1 unspecified atom stereocenters. The number of nitrogens with one attached hydrogen (secondary N) is 1. The highest BCUT2D eigenvalue weighted by atomic mass is 16.5. The summed E-state index contributed by atoms with van der Waals surface area (Å²) in [6.07, 6.45) is 6.10. The number of aryl methyl sites for hydroxylation is 1. The largest absolute Gasteiger partial charge is 0.385 e. The molecule has 3 nitrogen and oxygen atoms in total. The van der Waals surface area contributed by atoms with Crippen molar-refractivity contribution in [1.29, 1.82) is 0 Å². The number of fused-ring (bicyclic) bond motifs is 1. The van der Waals surface area contributed by atoms with Gasteiger partial charge in [0.2, 0.25) is 0 Å². The van der Waals surface area contributed by atoms with Crippen LogP contribution in [-0.2, 0) is 21.3 Å². The predicted octanol–water partition coefficient (Wildman–Crippen LogP) is 2.92. The van der Waals surface area contributed by atoms with Crippen LogP contribution < -0.4 is 5.32 Å². The lowest BCUT2D eigenvalue weighted by atomic mass is 9.67. The number of ether oxygens (including phenoxy) is 2. The SMILES string of the molecule is COCCCC1(CNCCOC)CCCc2ccccc21. The molecule has 1 aromatic carbocycles. The lowest BCUT2D eigenvalue weighted by Gasteiger charge is -2.40. The van der Waals surface area contributed by atoms with Gasteiger partial charge in [-0.1, -0.05) is 24.3 Å². The zero-order valence-corrected chi connectivity index (χ0v) is 13.5. The lowest BCUT2D eigenvalue weighted by molar-refractivity contribution is 0.173. The second-order valence-electron chi connectivity index (χ2n) is 6.06. The second-order valence-corrected chi connectivity index (χ2v) is 6.06. The van der Waals surface area contributed by atoms with Crippen molar-refractivity contribution in [3.63, 3.8) is 0 Å². The van der Waals surface area contributed by atoms with E-state index < -0.39 is 0 Å². The van der Waals surface area contributed by atoms with Crippen LogP contribution >= 0.6 is 0 Å². The molecule has 0 fully saturated rings. The summed E-state index contributed by atoms with van der Waals surface area (Å²) >= 11 is 0. The van der Waals surface area contributed by atoms with Gasteiger partial charge in [-0.15, -0.1) is 0 Å². The van der Waals surface area contributed by atoms with Crippen molar-refractivity contribution in [2.45, 2.75) is 37.5 Å². The van der Waals surface area contributed by atoms with Crippen LogP contribution in [0.3, 0.4) is 0 Å². The zero-order valence-electron chi connectivity index (χ0n) is 13.5. The molecule has 1 atom stereocenters. The molecule has 1 aromatic rings. The molecule has 118 valence electrons. The topological polar surface area (TPSA) is 30.5 Å². The maximum atomic E-state index is 5.27. The molecule has 0 bridgehead atoms. The van der Waals surface area contributed by atoms with E-state index in [9.17, 15) is 0 Å². The number of rotatable bonds is 9. The first-order valence-corrected chi connectivity index (χ1v) is 8.09. The minimum absolute atomic E-state index is 0.265. The Balaban J connectivity index is 2.12. The minimum atomic E-state index is 0.265. The first-order chi connectivity index (χ1) is 10.3. The van der Waals surface area contributed by atoms with Gasteiger partial charge in [0.25, 0.3) is 0 Å². The molecule has 0 spiro atoms. The van der Waals surface area contributed by atoms with E-state index in [1.54, 1.807) is 19.8 Å². The van der Waals surface area contributed by atoms with Crippen molar-refractivity contribution in [3.05, 3.63) is 35.4 Å². The summed E-state index contributed by atoms with van der Waals surface area (Å²) in [5.41, 5.74) is 3.35. The lowest BCUT2D eigenvalue weighted by Crippen LogP contribution is -2.42. The van der Waals surface area contributed by atoms with E-state index in [-0.39, 0.29) is 5.41 Å². The monoisotopic (exact) mass is 291 g/mol. The molecule has 3 heteroatoms. The Labute approximate surface area is 129 Å². The quantitative estimate of drug-likeness (QED) is 0.710. The summed E-state index contributed by atoms with van der Waals surface area (Å²) in [7, 11) is 3.55. The van der Waals surface area contributed by atoms with E-state index in [4.69, 9.17) is 9.47 Å². The van der Waals surface area contributed by atoms with Crippen molar-refractivity contribution in [3.8, 4) is 0 Å². The summed E-state index contributed by atoms with van der Waals surface area (Å²) in [6, 6.07) is 8.99. The van der Waals surface area contributed by atoms with Crippen LogP contribution in [-0.4, -0.2) is 40.5 Å². The molecule has 0 aromatic heterocycles. The van der Waals surface area contributed by atoms with Gasteiger partial charge in [-0.25, -0.2) is 0 Å². The summed E-state index contributed by atoms with van der Waals surface area (Å²) in [5, 5.41) is 3.60. The van der Waals surface area contributed by atoms with E-state index in [0.29, 0.717) is 0 Å². The normalized spacial score (nSPS) is 21.2. The van der Waals surface area contributed by atoms with Gasteiger partial charge in [-0.3, -0.25) is 0 Å². The van der Waals surface area contributed by atoms with E-state index >= 15 is 0 Å². The number of hydrogen-bond acceptors (Lipinski definition) is 3. The van der Waals surface area contributed by atoms with Crippen molar-refractivity contribution in [2.75, 3.05) is 40.5 Å². The van der Waals surface area contributed by atoms with Gasteiger partial charge in [0, 0.05) is 39.3 Å². The van der Waals surface area contributed by atoms with Gasteiger partial charge in [0.05, 0.1) is 6.61 Å². The second kappa shape index (κ2) is 8.52. The summed E-state index contributed by atoms with van der Waals surface area (Å²) in [4.78, 5) is 0. The van der Waals surface area contributed by atoms with Gasteiger partial charge in [-0.2, -0.15) is 0 Å². The predicted molar refractivity (Wildman–Crippen MR) is 86.9 cm³/mol. The third-order valence-electron chi connectivity index (χ3n) is 4.64. The first-order valence-electron chi connectivity index (χ1n) is 8.09. The van der Waals surface area contributed by atoms with Gasteiger partial charge in [-0.05, 0) is 43.2 Å². The maximum absolute atomic E-state index is 5.27. The highest BCUT2D eigenvalue weighted by Gasteiger charge is 2.35. The highest BCUT2D eigenvalue weighted by molar-refractivity contribution is 5.37. The Kier molecular flexibility index (Phi) is 6.68. The van der Waals surface area contributed by atoms with Crippen LogP contribution in [0.1, 0.15) is 36.8 Å². The fraction of sp³-hybridized carbons (Fsp3) is 0.667. The molecule has 0 saturated carbocycles. The molecule has 0 heterocycles. The Morgan fingerprint density at radius 1 is 1.14 bits per heavy atom. The molecular weight excluding hydrogens is 262 g/mol. The van der Waals surface area contributed by atoms with Crippen LogP contribution in [0.5, 0.6) is 0 Å². The van der Waals surface area contributed by atoms with Crippen molar-refractivity contribution in [2.24, 2.45) is 0 Å². The maximum Gasteiger partial charge on any atom is 0.0587 e. The van der Waals surface area contributed by atoms with Gasteiger partial charge < -0.3 is 14.8 Å². The van der Waals surface area contributed by atoms with E-state index in [2.05, 4.69) is 29.6 Å². The summed E-state index contributed by atoms with van der Waals surface area (Å²) in [6.45, 7) is 3.58. The Bertz CT molecular complexity index is 421. The van der Waals surface area contributed by atoms with Crippen LogP contribution in [0.2, 0.25) is 0 Å². The summed E-state index contributed by atoms with van der Waals surface area (Å²) in [5.74, 6) is 0. The van der Waals surface area contributed by atoms with Gasteiger partial charge in [0.1, 0.15) is 0 Å². The zero-order chi connectivity index (χ0) is 15.0. The van der Waals surface area contributed by atoms with Crippen molar-refractivity contribution < 1.29 is 9.47 Å². The number of hydrogen-bond donors (Lipinski definition) is 1. The molecule has 21 heavy (non-hydrogen) atoms. The summed E-state index contributed by atoms with van der Waals surface area (Å²) < 4.78 is 10.4. The average Bonchev–Trinajstić information content (AvgIpc) is 2.52. The van der Waals surface area contributed by atoms with E-state index in [0.717, 1.165) is 32.7 Å². The number of benzene rings is 1. The highest BCUT2D eigenvalue weighted by Crippen LogP contribution is 2.40. The van der Waals surface area contributed by atoms with E-state index in [1.165, 1.54) is 31.2 Å². The Hall–Kier alpha value is -0.900. The molecule has 2 rings (SSSR count). The third kappa shape index (κ3) is 4.29. The molecule has 1 aliphatic carbocycles. The molecule has 1 N–H and O–H groups in total. The van der Waals surface area contributed by atoms with Crippen molar-refractivity contribution >= 4 is 0 Å². The van der Waals surface area contributed by atoms with Crippen molar-refractivity contribution in [1.82, 2.24) is 5.32 Å². The van der Waals surface area contributed by atoms with Crippen LogP contribution in [0.4, 0.5) is 0 Å². The molecule has 0 aliphatic heterocycles. The smallest absolute Gasteiger partial charge is 0.0587 e. The molecule has 0 saturated heterocycles. The van der Waals surface area contributed by atoms with Gasteiger partial charge >= 0.3 is 0 Å². The fourth-order valence-corrected chi connectivity index (χ4v) is 3.60. The number of methoxy groups -OCH3 is 2. The minimum Gasteiger partial charge on any atom is -0.385 e. The Morgan fingerprint density at radius 3 is 2.76 bits per heavy atom. The van der Waals surface area contributed by atoms with Gasteiger partial charge in [0.15, 0.2) is 0 Å². The standard InChI is InChI=1S/C18H29NO2/c1-20-13-6-11-18(15-19-12-14-21-2)10-5-8-16-7-3-4-9-17(16)18/h3-4,7,9,19H,5-6,8,10-15H2,1-2H3. The third-order valence-corrected chi connectivity index (χ3v) is 4.64. The van der Waals surface area contributed by atoms with Crippen LogP contribution in [0, 0.1) is 0 Å².